The van der Waals surface area contributed by atoms with E-state index in [4.69, 9.17) is 4.74 Å². The minimum atomic E-state index is -0.00213. The van der Waals surface area contributed by atoms with Gasteiger partial charge in [0.15, 0.2) is 0 Å². The van der Waals surface area contributed by atoms with Crippen LogP contribution in [0.1, 0.15) is 37.3 Å². The molecule has 4 rings (SSSR count). The molecule has 2 fully saturated rings. The topological polar surface area (TPSA) is 21.3 Å². The van der Waals surface area contributed by atoms with Gasteiger partial charge < -0.3 is 10.1 Å². The average Bonchev–Trinajstić information content (AvgIpc) is 2.38. The van der Waals surface area contributed by atoms with Crippen molar-refractivity contribution < 1.29 is 4.74 Å². The molecule has 3 aliphatic rings. The minimum Gasteiger partial charge on any atom is -0.373 e. The normalized spacial score (nSPS) is 41.9. The van der Waals surface area contributed by atoms with Gasteiger partial charge in [-0.2, -0.15) is 0 Å². The lowest BCUT2D eigenvalue weighted by Crippen LogP contribution is -2.71. The van der Waals surface area contributed by atoms with Crippen LogP contribution in [0.5, 0.6) is 0 Å². The summed E-state index contributed by atoms with van der Waals surface area (Å²) in [6.45, 7) is 4.41. The molecule has 2 aliphatic heterocycles. The van der Waals surface area contributed by atoms with Crippen molar-refractivity contribution in [3.8, 4) is 0 Å². The summed E-state index contributed by atoms with van der Waals surface area (Å²) in [4.78, 5) is 0. The molecular weight excluding hydrogens is 222 g/mol. The van der Waals surface area contributed by atoms with Gasteiger partial charge in [-0.25, -0.2) is 0 Å². The third kappa shape index (κ3) is 1.16. The lowest BCUT2D eigenvalue weighted by atomic mass is 9.53. The predicted molar refractivity (Wildman–Crippen MR) is 71.8 cm³/mol. The Hall–Kier alpha value is -0.860. The largest absolute Gasteiger partial charge is 0.373 e. The lowest BCUT2D eigenvalue weighted by Gasteiger charge is -2.61. The molecule has 0 radical (unpaired) electrons. The molecule has 3 atom stereocenters. The van der Waals surface area contributed by atoms with Crippen LogP contribution < -0.4 is 5.32 Å². The van der Waals surface area contributed by atoms with Gasteiger partial charge in [-0.05, 0) is 50.3 Å². The summed E-state index contributed by atoms with van der Waals surface area (Å²) in [6, 6.07) is 9.53. The second-order valence-electron chi connectivity index (χ2n) is 6.26. The molecule has 2 saturated heterocycles. The molecule has 1 unspecified atom stereocenters. The van der Waals surface area contributed by atoms with Gasteiger partial charge in [0.2, 0.25) is 0 Å². The van der Waals surface area contributed by atoms with Crippen LogP contribution in [0, 0.1) is 0 Å². The van der Waals surface area contributed by atoms with Crippen molar-refractivity contribution in [3.63, 3.8) is 0 Å². The molecule has 0 saturated carbocycles. The fourth-order valence-corrected chi connectivity index (χ4v) is 4.70. The van der Waals surface area contributed by atoms with E-state index >= 15 is 0 Å². The lowest BCUT2D eigenvalue weighted by molar-refractivity contribution is -0.165. The number of rotatable bonds is 0. The zero-order chi connectivity index (χ0) is 12.2. The first-order valence-corrected chi connectivity index (χ1v) is 7.22. The average molecular weight is 243 g/mol. The summed E-state index contributed by atoms with van der Waals surface area (Å²) in [5.74, 6) is 0. The van der Waals surface area contributed by atoms with Gasteiger partial charge in [-0.3, -0.25) is 0 Å². The molecule has 1 aliphatic carbocycles. The number of ether oxygens (including phenoxy) is 1. The van der Waals surface area contributed by atoms with E-state index in [9.17, 15) is 0 Å². The Morgan fingerprint density at radius 3 is 3.11 bits per heavy atom. The monoisotopic (exact) mass is 243 g/mol. The zero-order valence-corrected chi connectivity index (χ0v) is 11.0. The van der Waals surface area contributed by atoms with Crippen LogP contribution in [0.25, 0.3) is 0 Å². The standard InChI is InChI=1S/C16H21NO/c1-15-14-11-12-5-2-3-6-13(12)16(15,8-9-17-14)7-4-10-18-15/h2-3,5-6,14,17H,4,7-11H2,1H3/t14-,15?,16+/m1/s1. The molecule has 2 heteroatoms. The highest BCUT2D eigenvalue weighted by molar-refractivity contribution is 5.44. The summed E-state index contributed by atoms with van der Waals surface area (Å²) < 4.78 is 6.32. The molecular formula is C16H21NO. The van der Waals surface area contributed by atoms with Crippen LogP contribution in [-0.2, 0) is 16.6 Å². The SMILES string of the molecule is CC12OCCC[C@@]13CCN[C@@H]2Cc1ccccc13. The van der Waals surface area contributed by atoms with Crippen molar-refractivity contribution >= 4 is 0 Å². The number of nitrogens with one attached hydrogen (secondary N) is 1. The summed E-state index contributed by atoms with van der Waals surface area (Å²) in [5, 5.41) is 3.70. The first kappa shape index (κ1) is 11.0. The number of benzene rings is 1. The summed E-state index contributed by atoms with van der Waals surface area (Å²) >= 11 is 0. The van der Waals surface area contributed by atoms with Gasteiger partial charge in [0.05, 0.1) is 5.60 Å². The first-order chi connectivity index (χ1) is 8.76. The number of piperidine rings is 1. The Balaban J connectivity index is 1.96. The molecule has 0 amide bonds. The molecule has 96 valence electrons. The van der Waals surface area contributed by atoms with Crippen molar-refractivity contribution in [2.75, 3.05) is 13.2 Å². The van der Waals surface area contributed by atoms with Gasteiger partial charge in [0.1, 0.15) is 0 Å². The van der Waals surface area contributed by atoms with Crippen molar-refractivity contribution in [1.82, 2.24) is 5.32 Å². The molecule has 0 aromatic heterocycles. The van der Waals surface area contributed by atoms with E-state index in [0.29, 0.717) is 6.04 Å². The number of fused-ring (bicyclic) bond motifs is 1. The Kier molecular flexibility index (Phi) is 2.19. The van der Waals surface area contributed by atoms with Gasteiger partial charge in [-0.1, -0.05) is 24.3 Å². The van der Waals surface area contributed by atoms with E-state index in [1.54, 1.807) is 5.56 Å². The molecule has 18 heavy (non-hydrogen) atoms. The highest BCUT2D eigenvalue weighted by Gasteiger charge is 2.60. The third-order valence-electron chi connectivity index (χ3n) is 5.66. The maximum atomic E-state index is 6.32. The minimum absolute atomic E-state index is 0.00213. The van der Waals surface area contributed by atoms with Crippen LogP contribution in [-0.4, -0.2) is 24.8 Å². The second-order valence-corrected chi connectivity index (χ2v) is 6.26. The van der Waals surface area contributed by atoms with Crippen LogP contribution in [0.15, 0.2) is 24.3 Å². The Morgan fingerprint density at radius 2 is 2.17 bits per heavy atom. The molecule has 2 bridgehead atoms. The highest BCUT2D eigenvalue weighted by Crippen LogP contribution is 2.55. The predicted octanol–water partition coefficient (Wildman–Crippen LogP) is 2.41. The molecule has 2 heterocycles. The smallest absolute Gasteiger partial charge is 0.0906 e. The van der Waals surface area contributed by atoms with Gasteiger partial charge in [0.25, 0.3) is 0 Å². The van der Waals surface area contributed by atoms with E-state index in [2.05, 4.69) is 36.5 Å². The van der Waals surface area contributed by atoms with Crippen LogP contribution in [0.3, 0.4) is 0 Å². The molecule has 1 N–H and O–H groups in total. The van der Waals surface area contributed by atoms with E-state index in [0.717, 1.165) is 19.6 Å². The van der Waals surface area contributed by atoms with E-state index in [1.165, 1.54) is 24.8 Å². The van der Waals surface area contributed by atoms with E-state index < -0.39 is 0 Å². The molecule has 0 spiro atoms. The van der Waals surface area contributed by atoms with Crippen molar-refractivity contribution in [2.24, 2.45) is 0 Å². The Bertz CT molecular complexity index is 482. The van der Waals surface area contributed by atoms with E-state index in [1.807, 2.05) is 0 Å². The molecule has 2 nitrogen and oxygen atoms in total. The summed E-state index contributed by atoms with van der Waals surface area (Å²) in [6.07, 6.45) is 4.83. The maximum Gasteiger partial charge on any atom is 0.0906 e. The molecule has 1 aromatic carbocycles. The van der Waals surface area contributed by atoms with Crippen LogP contribution in [0.2, 0.25) is 0 Å². The number of hydrogen-bond acceptors (Lipinski definition) is 2. The Morgan fingerprint density at radius 1 is 1.28 bits per heavy atom. The zero-order valence-electron chi connectivity index (χ0n) is 11.0. The van der Waals surface area contributed by atoms with Crippen molar-refractivity contribution in [1.29, 1.82) is 0 Å². The van der Waals surface area contributed by atoms with Crippen LogP contribution in [0.4, 0.5) is 0 Å². The third-order valence-corrected chi connectivity index (χ3v) is 5.66. The van der Waals surface area contributed by atoms with Gasteiger partial charge in [-0.15, -0.1) is 0 Å². The van der Waals surface area contributed by atoms with E-state index in [-0.39, 0.29) is 11.0 Å². The maximum absolute atomic E-state index is 6.32. The quantitative estimate of drug-likeness (QED) is 0.755. The summed E-state index contributed by atoms with van der Waals surface area (Å²) in [5.41, 5.74) is 3.37. The van der Waals surface area contributed by atoms with Gasteiger partial charge >= 0.3 is 0 Å². The van der Waals surface area contributed by atoms with Crippen molar-refractivity contribution in [3.05, 3.63) is 35.4 Å². The Labute approximate surface area is 109 Å². The fourth-order valence-electron chi connectivity index (χ4n) is 4.70. The fraction of sp³-hybridized carbons (Fsp3) is 0.625. The highest BCUT2D eigenvalue weighted by atomic mass is 16.5. The summed E-state index contributed by atoms with van der Waals surface area (Å²) in [7, 11) is 0. The molecule has 1 aromatic rings. The van der Waals surface area contributed by atoms with Crippen molar-refractivity contribution in [2.45, 2.75) is 49.7 Å². The van der Waals surface area contributed by atoms with Crippen LogP contribution >= 0.6 is 0 Å². The number of hydrogen-bond donors (Lipinski definition) is 1. The first-order valence-electron chi connectivity index (χ1n) is 7.22. The van der Waals surface area contributed by atoms with Gasteiger partial charge in [0, 0.05) is 18.1 Å². The second kappa shape index (κ2) is 3.58.